The number of thioether (sulfide) groups is 1. The number of aromatic hydroxyl groups is 1. The van der Waals surface area contributed by atoms with Gasteiger partial charge in [-0.3, -0.25) is 0 Å². The average molecular weight is 301 g/mol. The van der Waals surface area contributed by atoms with Gasteiger partial charge in [0, 0.05) is 17.2 Å². The quantitative estimate of drug-likeness (QED) is 0.742. The molecule has 0 aliphatic rings. The Morgan fingerprint density at radius 1 is 1.05 bits per heavy atom. The standard InChI is InChI=1S/C18H23NOS/c1-14(2)11-19-12-15-6-8-18(9-7-15)21-13-16-4-3-5-17(20)10-16/h3-10,14,19-20H,11-13H2,1-2H3. The zero-order valence-electron chi connectivity index (χ0n) is 12.7. The lowest BCUT2D eigenvalue weighted by atomic mass is 10.2. The van der Waals surface area contributed by atoms with Crippen LogP contribution in [0.2, 0.25) is 0 Å². The third kappa shape index (κ3) is 5.82. The molecule has 2 nitrogen and oxygen atoms in total. The number of benzene rings is 2. The van der Waals surface area contributed by atoms with Gasteiger partial charge in [0.05, 0.1) is 0 Å². The second-order valence-corrected chi connectivity index (χ2v) is 6.68. The van der Waals surface area contributed by atoms with E-state index in [4.69, 9.17) is 0 Å². The van der Waals surface area contributed by atoms with Gasteiger partial charge in [0.2, 0.25) is 0 Å². The van der Waals surface area contributed by atoms with E-state index in [1.165, 1.54) is 10.5 Å². The summed E-state index contributed by atoms with van der Waals surface area (Å²) < 4.78 is 0. The first-order valence-corrected chi connectivity index (χ1v) is 8.32. The molecule has 0 saturated carbocycles. The molecule has 21 heavy (non-hydrogen) atoms. The van der Waals surface area contributed by atoms with Crippen molar-refractivity contribution in [2.45, 2.75) is 31.0 Å². The van der Waals surface area contributed by atoms with E-state index in [1.807, 2.05) is 18.2 Å². The molecule has 2 N–H and O–H groups in total. The lowest BCUT2D eigenvalue weighted by Crippen LogP contribution is -2.18. The van der Waals surface area contributed by atoms with Crippen molar-refractivity contribution in [2.24, 2.45) is 5.92 Å². The van der Waals surface area contributed by atoms with Gasteiger partial charge in [-0.2, -0.15) is 0 Å². The van der Waals surface area contributed by atoms with E-state index in [9.17, 15) is 5.11 Å². The highest BCUT2D eigenvalue weighted by Crippen LogP contribution is 2.24. The van der Waals surface area contributed by atoms with Crippen molar-refractivity contribution >= 4 is 11.8 Å². The summed E-state index contributed by atoms with van der Waals surface area (Å²) >= 11 is 1.79. The minimum Gasteiger partial charge on any atom is -0.508 e. The summed E-state index contributed by atoms with van der Waals surface area (Å²) in [6, 6.07) is 16.1. The predicted octanol–water partition coefficient (Wildman–Crippen LogP) is 4.43. The largest absolute Gasteiger partial charge is 0.508 e. The molecule has 3 heteroatoms. The first-order valence-electron chi connectivity index (χ1n) is 7.34. The van der Waals surface area contributed by atoms with E-state index in [0.717, 1.165) is 24.4 Å². The predicted molar refractivity (Wildman–Crippen MR) is 90.7 cm³/mol. The van der Waals surface area contributed by atoms with Gasteiger partial charge in [0.1, 0.15) is 5.75 Å². The summed E-state index contributed by atoms with van der Waals surface area (Å²) in [7, 11) is 0. The minimum atomic E-state index is 0.333. The van der Waals surface area contributed by atoms with Crippen molar-refractivity contribution in [3.63, 3.8) is 0 Å². The van der Waals surface area contributed by atoms with E-state index in [1.54, 1.807) is 17.8 Å². The van der Waals surface area contributed by atoms with E-state index in [-0.39, 0.29) is 0 Å². The Kier molecular flexibility index (Phi) is 6.15. The Labute approximate surface area is 131 Å². The fourth-order valence-electron chi connectivity index (χ4n) is 2.02. The minimum absolute atomic E-state index is 0.333. The van der Waals surface area contributed by atoms with Gasteiger partial charge >= 0.3 is 0 Å². The second kappa shape index (κ2) is 8.11. The van der Waals surface area contributed by atoms with E-state index < -0.39 is 0 Å². The monoisotopic (exact) mass is 301 g/mol. The summed E-state index contributed by atoms with van der Waals surface area (Å²) in [5, 5.41) is 12.9. The Morgan fingerprint density at radius 3 is 2.48 bits per heavy atom. The molecule has 0 unspecified atom stereocenters. The summed E-state index contributed by atoms with van der Waals surface area (Å²) in [4.78, 5) is 1.26. The van der Waals surface area contributed by atoms with Crippen molar-refractivity contribution < 1.29 is 5.11 Å². The van der Waals surface area contributed by atoms with Crippen LogP contribution in [0.4, 0.5) is 0 Å². The zero-order chi connectivity index (χ0) is 15.1. The van der Waals surface area contributed by atoms with Crippen molar-refractivity contribution in [2.75, 3.05) is 6.54 Å². The van der Waals surface area contributed by atoms with Crippen LogP contribution in [0, 0.1) is 5.92 Å². The Morgan fingerprint density at radius 2 is 1.81 bits per heavy atom. The van der Waals surface area contributed by atoms with E-state index in [0.29, 0.717) is 11.7 Å². The Bertz CT molecular complexity index is 551. The lowest BCUT2D eigenvalue weighted by Gasteiger charge is -2.08. The number of nitrogens with one attached hydrogen (secondary N) is 1. The molecule has 0 radical (unpaired) electrons. The number of rotatable bonds is 7. The molecule has 0 bridgehead atoms. The summed E-state index contributed by atoms with van der Waals surface area (Å²) in [6.07, 6.45) is 0. The Hall–Kier alpha value is -1.45. The van der Waals surface area contributed by atoms with Crippen LogP contribution in [0.15, 0.2) is 53.4 Å². The molecule has 0 heterocycles. The first-order chi connectivity index (χ1) is 10.1. The maximum absolute atomic E-state index is 9.45. The molecule has 0 fully saturated rings. The zero-order valence-corrected chi connectivity index (χ0v) is 13.5. The summed E-state index contributed by atoms with van der Waals surface area (Å²) in [6.45, 7) is 6.41. The van der Waals surface area contributed by atoms with Gasteiger partial charge in [0.15, 0.2) is 0 Å². The van der Waals surface area contributed by atoms with Crippen LogP contribution < -0.4 is 5.32 Å². The Balaban J connectivity index is 1.82. The highest BCUT2D eigenvalue weighted by Gasteiger charge is 1.99. The maximum atomic E-state index is 9.45. The average Bonchev–Trinajstić information content (AvgIpc) is 2.46. The van der Waals surface area contributed by atoms with Gasteiger partial charge in [-0.1, -0.05) is 38.1 Å². The topological polar surface area (TPSA) is 32.3 Å². The van der Waals surface area contributed by atoms with Crippen LogP contribution in [0.3, 0.4) is 0 Å². The second-order valence-electron chi connectivity index (χ2n) is 5.63. The first kappa shape index (κ1) is 15.9. The van der Waals surface area contributed by atoms with Crippen molar-refractivity contribution in [1.29, 1.82) is 0 Å². The van der Waals surface area contributed by atoms with Crippen molar-refractivity contribution in [3.8, 4) is 5.75 Å². The van der Waals surface area contributed by atoms with Gasteiger partial charge in [-0.05, 0) is 47.9 Å². The van der Waals surface area contributed by atoms with Crippen molar-refractivity contribution in [3.05, 3.63) is 59.7 Å². The molecular weight excluding hydrogens is 278 g/mol. The molecule has 2 aromatic carbocycles. The fraction of sp³-hybridized carbons (Fsp3) is 0.333. The third-order valence-electron chi connectivity index (χ3n) is 3.12. The normalized spacial score (nSPS) is 11.0. The molecular formula is C18H23NOS. The van der Waals surface area contributed by atoms with Gasteiger partial charge in [-0.25, -0.2) is 0 Å². The molecule has 0 spiro atoms. The maximum Gasteiger partial charge on any atom is 0.115 e. The van der Waals surface area contributed by atoms with Crippen LogP contribution in [-0.4, -0.2) is 11.7 Å². The highest BCUT2D eigenvalue weighted by atomic mass is 32.2. The molecule has 0 amide bonds. The van der Waals surface area contributed by atoms with Crippen LogP contribution in [0.5, 0.6) is 5.75 Å². The molecule has 0 aliphatic carbocycles. The fourth-order valence-corrected chi connectivity index (χ4v) is 2.86. The smallest absolute Gasteiger partial charge is 0.115 e. The highest BCUT2D eigenvalue weighted by molar-refractivity contribution is 7.98. The van der Waals surface area contributed by atoms with Gasteiger partial charge in [-0.15, -0.1) is 11.8 Å². The lowest BCUT2D eigenvalue weighted by molar-refractivity contribution is 0.475. The summed E-state index contributed by atoms with van der Waals surface area (Å²) in [5.41, 5.74) is 2.46. The third-order valence-corrected chi connectivity index (χ3v) is 4.20. The number of hydrogen-bond donors (Lipinski definition) is 2. The van der Waals surface area contributed by atoms with Crippen molar-refractivity contribution in [1.82, 2.24) is 5.32 Å². The van der Waals surface area contributed by atoms with E-state index >= 15 is 0 Å². The van der Waals surface area contributed by atoms with Gasteiger partial charge in [0.25, 0.3) is 0 Å². The summed E-state index contributed by atoms with van der Waals surface area (Å²) in [5.74, 6) is 1.89. The SMILES string of the molecule is CC(C)CNCc1ccc(SCc2cccc(O)c2)cc1. The van der Waals surface area contributed by atoms with Crippen LogP contribution in [-0.2, 0) is 12.3 Å². The van der Waals surface area contributed by atoms with Gasteiger partial charge < -0.3 is 10.4 Å². The molecule has 0 aromatic heterocycles. The number of phenolic OH excluding ortho intramolecular Hbond substituents is 1. The van der Waals surface area contributed by atoms with Crippen LogP contribution in [0.1, 0.15) is 25.0 Å². The molecule has 112 valence electrons. The van der Waals surface area contributed by atoms with Crippen LogP contribution in [0.25, 0.3) is 0 Å². The number of phenols is 1. The molecule has 2 aromatic rings. The molecule has 0 saturated heterocycles. The number of hydrogen-bond acceptors (Lipinski definition) is 3. The van der Waals surface area contributed by atoms with E-state index in [2.05, 4.69) is 43.4 Å². The van der Waals surface area contributed by atoms with Crippen LogP contribution >= 0.6 is 11.8 Å². The molecule has 2 rings (SSSR count). The molecule has 0 aliphatic heterocycles. The molecule has 0 atom stereocenters.